The number of rotatable bonds is 7. The Balaban J connectivity index is 2.57. The Hall–Kier alpha value is -1.07. The van der Waals surface area contributed by atoms with E-state index in [9.17, 15) is 4.79 Å². The van der Waals surface area contributed by atoms with Crippen molar-refractivity contribution in [3.63, 3.8) is 0 Å². The Labute approximate surface area is 119 Å². The molecule has 1 aromatic rings. The van der Waals surface area contributed by atoms with Crippen LogP contribution in [0, 0.1) is 0 Å². The average Bonchev–Trinajstić information content (AvgIpc) is 2.65. The van der Waals surface area contributed by atoms with Crippen molar-refractivity contribution in [2.75, 3.05) is 6.54 Å². The van der Waals surface area contributed by atoms with Crippen molar-refractivity contribution in [1.29, 1.82) is 0 Å². The van der Waals surface area contributed by atoms with Gasteiger partial charge in [-0.05, 0) is 27.2 Å². The third-order valence-corrected chi connectivity index (χ3v) is 3.16. The lowest BCUT2D eigenvalue weighted by molar-refractivity contribution is -0.120. The van der Waals surface area contributed by atoms with E-state index in [-0.39, 0.29) is 18.5 Å². The summed E-state index contributed by atoms with van der Waals surface area (Å²) in [6.45, 7) is 9.53. The molecular formula is C13H23ClN4O. The molecule has 1 amide bonds. The number of aryl methyl sites for hydroxylation is 2. The second-order valence-electron chi connectivity index (χ2n) is 4.70. The fourth-order valence-corrected chi connectivity index (χ4v) is 2.19. The van der Waals surface area contributed by atoms with Crippen LogP contribution in [0.1, 0.15) is 39.1 Å². The molecule has 0 aliphatic carbocycles. The molecule has 1 heterocycles. The van der Waals surface area contributed by atoms with Crippen LogP contribution in [0.25, 0.3) is 0 Å². The first-order chi connectivity index (χ1) is 8.99. The number of aromatic nitrogens is 2. The number of nitrogens with one attached hydrogen (secondary N) is 2. The van der Waals surface area contributed by atoms with Gasteiger partial charge >= 0.3 is 0 Å². The van der Waals surface area contributed by atoms with E-state index >= 15 is 0 Å². The summed E-state index contributed by atoms with van der Waals surface area (Å²) in [5.74, 6) is -0.00981. The van der Waals surface area contributed by atoms with E-state index in [1.165, 1.54) is 0 Å². The van der Waals surface area contributed by atoms with Crippen molar-refractivity contribution in [2.45, 2.75) is 53.2 Å². The molecule has 1 aromatic heterocycles. The Morgan fingerprint density at radius 2 is 2.11 bits per heavy atom. The minimum absolute atomic E-state index is 0.00981. The largest absolute Gasteiger partial charge is 0.353 e. The quantitative estimate of drug-likeness (QED) is 0.803. The predicted octanol–water partition coefficient (Wildman–Crippen LogP) is 1.73. The summed E-state index contributed by atoms with van der Waals surface area (Å²) in [6.07, 6.45) is 0.812. The summed E-state index contributed by atoms with van der Waals surface area (Å²) < 4.78 is 1.88. The molecule has 0 aliphatic heterocycles. The molecular weight excluding hydrogens is 264 g/mol. The Kier molecular flexibility index (Phi) is 6.31. The van der Waals surface area contributed by atoms with Crippen LogP contribution in [0.15, 0.2) is 0 Å². The normalized spacial score (nSPS) is 11.1. The maximum Gasteiger partial charge on any atom is 0.234 e. The number of carbonyl (C=O) groups is 1. The van der Waals surface area contributed by atoms with Gasteiger partial charge in [-0.25, -0.2) is 0 Å². The van der Waals surface area contributed by atoms with Crippen molar-refractivity contribution in [3.05, 3.63) is 16.4 Å². The van der Waals surface area contributed by atoms with E-state index in [2.05, 4.69) is 15.7 Å². The summed E-state index contributed by atoms with van der Waals surface area (Å²) in [6, 6.07) is 0.158. The first-order valence-corrected chi connectivity index (χ1v) is 7.11. The zero-order valence-electron chi connectivity index (χ0n) is 12.1. The Morgan fingerprint density at radius 3 is 2.63 bits per heavy atom. The van der Waals surface area contributed by atoms with Crippen LogP contribution in [0.2, 0.25) is 5.02 Å². The number of hydrogen-bond acceptors (Lipinski definition) is 3. The number of amides is 1. The highest BCUT2D eigenvalue weighted by Gasteiger charge is 2.14. The van der Waals surface area contributed by atoms with Crippen molar-refractivity contribution in [1.82, 2.24) is 20.4 Å². The fraction of sp³-hybridized carbons (Fsp3) is 0.692. The highest BCUT2D eigenvalue weighted by Crippen LogP contribution is 2.21. The predicted molar refractivity (Wildman–Crippen MR) is 77.3 cm³/mol. The van der Waals surface area contributed by atoms with Crippen molar-refractivity contribution in [3.8, 4) is 0 Å². The minimum atomic E-state index is -0.00981. The van der Waals surface area contributed by atoms with E-state index in [1.54, 1.807) is 0 Å². The zero-order chi connectivity index (χ0) is 14.4. The number of nitrogens with zero attached hydrogens (tertiary/aromatic N) is 2. The summed E-state index contributed by atoms with van der Waals surface area (Å²) in [4.78, 5) is 11.5. The molecule has 1 rings (SSSR count). The fourth-order valence-electron chi connectivity index (χ4n) is 1.85. The number of carbonyl (C=O) groups excluding carboxylic acids is 1. The molecule has 0 unspecified atom stereocenters. The van der Waals surface area contributed by atoms with E-state index in [0.717, 1.165) is 24.4 Å². The molecule has 0 bridgehead atoms. The standard InChI is InChI=1S/C13H23ClN4O/c1-5-10-13(14)11(18(6-2)17-10)7-15-8-12(19)16-9(3)4/h9,15H,5-8H2,1-4H3,(H,16,19). The second kappa shape index (κ2) is 7.50. The van der Waals surface area contributed by atoms with Gasteiger partial charge in [0.15, 0.2) is 0 Å². The number of halogens is 1. The van der Waals surface area contributed by atoms with Gasteiger partial charge in [0.05, 0.1) is 23.0 Å². The SMILES string of the molecule is CCc1nn(CC)c(CNCC(=O)NC(C)C)c1Cl. The van der Waals surface area contributed by atoms with Crippen LogP contribution in [0.3, 0.4) is 0 Å². The van der Waals surface area contributed by atoms with Gasteiger partial charge < -0.3 is 10.6 Å². The summed E-state index contributed by atoms with van der Waals surface area (Å²) >= 11 is 6.28. The van der Waals surface area contributed by atoms with Crippen LogP contribution in [-0.2, 0) is 24.3 Å². The monoisotopic (exact) mass is 286 g/mol. The third-order valence-electron chi connectivity index (χ3n) is 2.72. The highest BCUT2D eigenvalue weighted by atomic mass is 35.5. The van der Waals surface area contributed by atoms with Crippen molar-refractivity contribution < 1.29 is 4.79 Å². The molecule has 6 heteroatoms. The number of hydrogen-bond donors (Lipinski definition) is 2. The van der Waals surface area contributed by atoms with Crippen LogP contribution < -0.4 is 10.6 Å². The van der Waals surface area contributed by atoms with Crippen molar-refractivity contribution >= 4 is 17.5 Å². The van der Waals surface area contributed by atoms with Gasteiger partial charge in [0, 0.05) is 19.1 Å². The highest BCUT2D eigenvalue weighted by molar-refractivity contribution is 6.31. The van der Waals surface area contributed by atoms with Gasteiger partial charge in [0.1, 0.15) is 0 Å². The minimum Gasteiger partial charge on any atom is -0.353 e. The second-order valence-corrected chi connectivity index (χ2v) is 5.08. The third kappa shape index (κ3) is 4.51. The molecule has 0 saturated carbocycles. The first-order valence-electron chi connectivity index (χ1n) is 6.73. The molecule has 0 aromatic carbocycles. The molecule has 0 saturated heterocycles. The molecule has 0 fully saturated rings. The Bertz CT molecular complexity index is 429. The molecule has 108 valence electrons. The molecule has 19 heavy (non-hydrogen) atoms. The van der Waals surface area contributed by atoms with E-state index in [0.29, 0.717) is 11.6 Å². The van der Waals surface area contributed by atoms with E-state index in [4.69, 9.17) is 11.6 Å². The molecule has 5 nitrogen and oxygen atoms in total. The van der Waals surface area contributed by atoms with Gasteiger partial charge in [-0.1, -0.05) is 18.5 Å². The van der Waals surface area contributed by atoms with Crippen LogP contribution in [-0.4, -0.2) is 28.3 Å². The lowest BCUT2D eigenvalue weighted by Crippen LogP contribution is -2.37. The van der Waals surface area contributed by atoms with Gasteiger partial charge in [0.25, 0.3) is 0 Å². The molecule has 0 atom stereocenters. The van der Waals surface area contributed by atoms with Crippen LogP contribution in [0.5, 0.6) is 0 Å². The first kappa shape index (κ1) is 16.0. The summed E-state index contributed by atoms with van der Waals surface area (Å²) in [5.41, 5.74) is 1.85. The summed E-state index contributed by atoms with van der Waals surface area (Å²) in [5, 5.41) is 11.1. The zero-order valence-corrected chi connectivity index (χ0v) is 12.8. The molecule has 0 spiro atoms. The molecule has 0 aliphatic rings. The van der Waals surface area contributed by atoms with Crippen molar-refractivity contribution in [2.24, 2.45) is 0 Å². The molecule has 0 radical (unpaired) electrons. The van der Waals surface area contributed by atoms with Gasteiger partial charge in [-0.2, -0.15) is 5.10 Å². The Morgan fingerprint density at radius 1 is 1.42 bits per heavy atom. The van der Waals surface area contributed by atoms with Gasteiger partial charge in [-0.3, -0.25) is 9.48 Å². The van der Waals surface area contributed by atoms with Gasteiger partial charge in [-0.15, -0.1) is 0 Å². The van der Waals surface area contributed by atoms with E-state index in [1.807, 2.05) is 32.4 Å². The van der Waals surface area contributed by atoms with E-state index < -0.39 is 0 Å². The maximum absolute atomic E-state index is 11.5. The lowest BCUT2D eigenvalue weighted by atomic mass is 10.3. The maximum atomic E-state index is 11.5. The van der Waals surface area contributed by atoms with Crippen LogP contribution >= 0.6 is 11.6 Å². The molecule has 2 N–H and O–H groups in total. The van der Waals surface area contributed by atoms with Gasteiger partial charge in [0.2, 0.25) is 5.91 Å². The lowest BCUT2D eigenvalue weighted by Gasteiger charge is -2.10. The average molecular weight is 287 g/mol. The van der Waals surface area contributed by atoms with Crippen LogP contribution in [0.4, 0.5) is 0 Å². The summed E-state index contributed by atoms with van der Waals surface area (Å²) in [7, 11) is 0. The topological polar surface area (TPSA) is 59.0 Å². The smallest absolute Gasteiger partial charge is 0.234 e.